The third-order valence-corrected chi connectivity index (χ3v) is 9.93. The van der Waals surface area contributed by atoms with Crippen molar-refractivity contribution in [3.8, 4) is 5.75 Å². The Morgan fingerprint density at radius 3 is 2.47 bits per heavy atom. The average molecular weight is 439 g/mol. The van der Waals surface area contributed by atoms with E-state index in [0.29, 0.717) is 17.3 Å². The van der Waals surface area contributed by atoms with Crippen molar-refractivity contribution in [2.24, 2.45) is 29.1 Å². The molecule has 3 fully saturated rings. The smallest absolute Gasteiger partial charge is 0.308 e. The second-order valence-corrected chi connectivity index (χ2v) is 11.7. The van der Waals surface area contributed by atoms with E-state index < -0.39 is 0 Å². The summed E-state index contributed by atoms with van der Waals surface area (Å²) in [7, 11) is 0. The van der Waals surface area contributed by atoms with E-state index in [4.69, 9.17) is 9.47 Å². The van der Waals surface area contributed by atoms with Crippen molar-refractivity contribution in [3.63, 3.8) is 0 Å². The number of fused-ring (bicyclic) bond motifs is 7. The summed E-state index contributed by atoms with van der Waals surface area (Å²) in [5.74, 6) is 3.19. The molecule has 0 aliphatic heterocycles. The molecule has 5 rings (SSSR count). The largest absolute Gasteiger partial charge is 0.463 e. The van der Waals surface area contributed by atoms with Gasteiger partial charge in [-0.25, -0.2) is 0 Å². The molecule has 32 heavy (non-hydrogen) atoms. The Balaban J connectivity index is 1.44. The highest BCUT2D eigenvalue weighted by Crippen LogP contribution is 2.66. The van der Waals surface area contributed by atoms with E-state index in [1.165, 1.54) is 62.6 Å². The van der Waals surface area contributed by atoms with Crippen molar-refractivity contribution in [2.45, 2.75) is 97.5 Å². The fraction of sp³-hybridized carbons (Fsp3) is 0.714. The number of rotatable bonds is 2. The summed E-state index contributed by atoms with van der Waals surface area (Å²) in [5, 5.41) is 0. The Morgan fingerprint density at radius 1 is 0.969 bits per heavy atom. The molecule has 4 aliphatic rings. The summed E-state index contributed by atoms with van der Waals surface area (Å²) >= 11 is 0. The third kappa shape index (κ3) is 3.31. The van der Waals surface area contributed by atoms with Crippen LogP contribution in [0.5, 0.6) is 5.75 Å². The van der Waals surface area contributed by atoms with Crippen molar-refractivity contribution >= 4 is 11.9 Å². The van der Waals surface area contributed by atoms with Crippen LogP contribution in [0.15, 0.2) is 12.1 Å². The Morgan fingerprint density at radius 2 is 1.75 bits per heavy atom. The third-order valence-electron chi connectivity index (χ3n) is 9.93. The number of carbonyl (C=O) groups is 2. The van der Waals surface area contributed by atoms with Crippen LogP contribution in [0.4, 0.5) is 0 Å². The number of carbonyl (C=O) groups excluding carboxylic acids is 2. The van der Waals surface area contributed by atoms with Gasteiger partial charge in [-0.05, 0) is 110 Å². The highest BCUT2D eigenvalue weighted by molar-refractivity contribution is 5.71. The molecule has 174 valence electrons. The maximum atomic E-state index is 11.9. The molecule has 0 radical (unpaired) electrons. The summed E-state index contributed by atoms with van der Waals surface area (Å²) in [5.41, 5.74) is 4.34. The van der Waals surface area contributed by atoms with E-state index in [0.717, 1.165) is 36.8 Å². The van der Waals surface area contributed by atoms with Crippen LogP contribution in [0.1, 0.15) is 89.3 Å². The molecule has 0 bridgehead atoms. The molecule has 0 unspecified atom stereocenters. The standard InChI is InChI=1S/C28H38O4/c1-16-12-19-14-24-22-7-6-20-15-21(31-17(2)29)8-10-27(20,4)23(22)9-11-28(24,5)26(19)25(13-16)32-18(3)30/h12-13,20-24H,6-11,14-15H2,1-5H3/t20-,21-,22-,23-,24-,27-,28-/m0/s1. The van der Waals surface area contributed by atoms with Crippen LogP contribution in [0.2, 0.25) is 0 Å². The van der Waals surface area contributed by atoms with Crippen LogP contribution < -0.4 is 4.74 Å². The van der Waals surface area contributed by atoms with Crippen LogP contribution in [0.3, 0.4) is 0 Å². The number of esters is 2. The quantitative estimate of drug-likeness (QED) is 0.426. The molecule has 1 aromatic carbocycles. The first-order chi connectivity index (χ1) is 15.1. The van der Waals surface area contributed by atoms with Crippen LogP contribution in [0.25, 0.3) is 0 Å². The molecular weight excluding hydrogens is 400 g/mol. The van der Waals surface area contributed by atoms with Crippen molar-refractivity contribution in [2.75, 3.05) is 0 Å². The van der Waals surface area contributed by atoms with Crippen molar-refractivity contribution < 1.29 is 19.1 Å². The molecule has 0 heterocycles. The number of benzene rings is 1. The van der Waals surface area contributed by atoms with Crippen LogP contribution >= 0.6 is 0 Å². The molecule has 0 aromatic heterocycles. The van der Waals surface area contributed by atoms with E-state index in [1.807, 2.05) is 0 Å². The zero-order valence-corrected chi connectivity index (χ0v) is 20.3. The molecule has 4 aliphatic carbocycles. The minimum Gasteiger partial charge on any atom is -0.463 e. The van der Waals surface area contributed by atoms with Gasteiger partial charge in [0.25, 0.3) is 0 Å². The Hall–Kier alpha value is -1.84. The van der Waals surface area contributed by atoms with Gasteiger partial charge >= 0.3 is 11.9 Å². The lowest BCUT2D eigenvalue weighted by Crippen LogP contribution is -2.54. The number of aryl methyl sites for hydroxylation is 1. The van der Waals surface area contributed by atoms with E-state index in [9.17, 15) is 9.59 Å². The summed E-state index contributed by atoms with van der Waals surface area (Å²) in [6, 6.07) is 4.40. The Bertz CT molecular complexity index is 951. The minimum absolute atomic E-state index is 0.0904. The first kappa shape index (κ1) is 22.0. The van der Waals surface area contributed by atoms with E-state index in [2.05, 4.69) is 32.9 Å². The van der Waals surface area contributed by atoms with Crippen molar-refractivity contribution in [1.82, 2.24) is 0 Å². The molecule has 7 atom stereocenters. The highest BCUT2D eigenvalue weighted by Gasteiger charge is 2.60. The highest BCUT2D eigenvalue weighted by atomic mass is 16.5. The second kappa shape index (κ2) is 7.60. The summed E-state index contributed by atoms with van der Waals surface area (Å²) in [4.78, 5) is 23.4. The van der Waals surface area contributed by atoms with Gasteiger partial charge in [0, 0.05) is 19.4 Å². The van der Waals surface area contributed by atoms with Gasteiger partial charge in [0.1, 0.15) is 11.9 Å². The normalized spacial score (nSPS) is 39.8. The molecule has 0 N–H and O–H groups in total. The summed E-state index contributed by atoms with van der Waals surface area (Å²) in [6.45, 7) is 10.1. The Kier molecular flexibility index (Phi) is 5.22. The predicted octanol–water partition coefficient (Wildman–Crippen LogP) is 5.91. The average Bonchev–Trinajstić information content (AvgIpc) is 2.99. The first-order valence-corrected chi connectivity index (χ1v) is 12.6. The lowest BCUT2D eigenvalue weighted by Gasteiger charge is -2.60. The van der Waals surface area contributed by atoms with Crippen LogP contribution in [-0.4, -0.2) is 18.0 Å². The van der Waals surface area contributed by atoms with E-state index >= 15 is 0 Å². The zero-order chi connectivity index (χ0) is 22.8. The number of ether oxygens (including phenoxy) is 2. The summed E-state index contributed by atoms with van der Waals surface area (Å²) in [6.07, 6.45) is 9.37. The van der Waals surface area contributed by atoms with Gasteiger partial charge in [-0.1, -0.05) is 19.9 Å². The van der Waals surface area contributed by atoms with E-state index in [-0.39, 0.29) is 23.5 Å². The molecule has 0 amide bonds. The van der Waals surface area contributed by atoms with Gasteiger partial charge in [0.2, 0.25) is 0 Å². The second-order valence-electron chi connectivity index (χ2n) is 11.7. The maximum Gasteiger partial charge on any atom is 0.308 e. The molecule has 3 saturated carbocycles. The van der Waals surface area contributed by atoms with Crippen LogP contribution in [-0.2, 0) is 26.2 Å². The first-order valence-electron chi connectivity index (χ1n) is 12.6. The van der Waals surface area contributed by atoms with Gasteiger partial charge in [0.15, 0.2) is 0 Å². The zero-order valence-electron chi connectivity index (χ0n) is 20.3. The van der Waals surface area contributed by atoms with Gasteiger partial charge in [-0.2, -0.15) is 0 Å². The molecule has 4 heteroatoms. The summed E-state index contributed by atoms with van der Waals surface area (Å²) < 4.78 is 11.4. The molecule has 1 aromatic rings. The lowest BCUT2D eigenvalue weighted by atomic mass is 9.45. The Labute approximate surface area is 192 Å². The molecule has 4 nitrogen and oxygen atoms in total. The van der Waals surface area contributed by atoms with Gasteiger partial charge in [0.05, 0.1) is 0 Å². The maximum absolute atomic E-state index is 11.9. The SMILES string of the molecule is CC(=O)Oc1cc(C)cc2c1[C@@]1(C)CC[C@H]3[C@H](CC[C@H]4C[C@@H](OC(C)=O)CC[C@@]43C)[C@@H]1C2. The predicted molar refractivity (Wildman–Crippen MR) is 123 cm³/mol. The minimum atomic E-state index is -0.226. The van der Waals surface area contributed by atoms with Gasteiger partial charge < -0.3 is 9.47 Å². The number of hydrogen-bond donors (Lipinski definition) is 0. The fourth-order valence-corrected chi connectivity index (χ4v) is 8.67. The van der Waals surface area contributed by atoms with E-state index in [1.54, 1.807) is 0 Å². The lowest BCUT2D eigenvalue weighted by molar-refractivity contribution is -0.157. The van der Waals surface area contributed by atoms with Gasteiger partial charge in [-0.15, -0.1) is 0 Å². The van der Waals surface area contributed by atoms with Crippen molar-refractivity contribution in [3.05, 3.63) is 28.8 Å². The van der Waals surface area contributed by atoms with Crippen LogP contribution in [0, 0.1) is 36.0 Å². The topological polar surface area (TPSA) is 52.6 Å². The molecule has 0 saturated heterocycles. The fourth-order valence-electron chi connectivity index (χ4n) is 8.67. The monoisotopic (exact) mass is 438 g/mol. The van der Waals surface area contributed by atoms with Crippen molar-refractivity contribution in [1.29, 1.82) is 0 Å². The number of hydrogen-bond acceptors (Lipinski definition) is 4. The van der Waals surface area contributed by atoms with Gasteiger partial charge in [-0.3, -0.25) is 9.59 Å². The molecular formula is C28H38O4. The molecule has 0 spiro atoms.